The molecule has 0 radical (unpaired) electrons. The highest BCUT2D eigenvalue weighted by Gasteiger charge is 2.37. The molecule has 0 saturated heterocycles. The zero-order valence-corrected chi connectivity index (χ0v) is 15.1. The van der Waals surface area contributed by atoms with Crippen LogP contribution < -0.4 is 10.9 Å². The minimum Gasteiger partial charge on any atom is -0.478 e. The van der Waals surface area contributed by atoms with Crippen LogP contribution in [0.3, 0.4) is 0 Å². The lowest BCUT2D eigenvalue weighted by atomic mass is 10.0. The van der Waals surface area contributed by atoms with Gasteiger partial charge >= 0.3 is 12.1 Å². The lowest BCUT2D eigenvalue weighted by Gasteiger charge is -2.20. The minimum absolute atomic E-state index is 0.114. The van der Waals surface area contributed by atoms with Crippen molar-refractivity contribution < 1.29 is 27.5 Å². The molecule has 7 nitrogen and oxygen atoms in total. The average molecular weight is 410 g/mol. The summed E-state index contributed by atoms with van der Waals surface area (Å²) in [6.07, 6.45) is -4.84. The second-order valence-electron chi connectivity index (χ2n) is 6.31. The Morgan fingerprint density at radius 2 is 1.93 bits per heavy atom. The summed E-state index contributed by atoms with van der Waals surface area (Å²) in [5.74, 6) is -2.18. The number of benzene rings is 1. The number of carboxylic acid groups (broad SMARTS) is 1. The van der Waals surface area contributed by atoms with Gasteiger partial charge < -0.3 is 15.4 Å². The molecule has 0 spiro atoms. The number of nitrogens with one attached hydrogen (secondary N) is 2. The Labute approximate surface area is 160 Å². The highest BCUT2D eigenvalue weighted by Crippen LogP contribution is 2.35. The topological polar surface area (TPSA) is 108 Å². The first-order valence-corrected chi connectivity index (χ1v) is 8.25. The van der Waals surface area contributed by atoms with Gasteiger partial charge in [0, 0.05) is 5.56 Å². The van der Waals surface area contributed by atoms with Crippen molar-refractivity contribution in [1.82, 2.24) is 15.0 Å². The van der Waals surface area contributed by atoms with Gasteiger partial charge in [-0.1, -0.05) is 0 Å². The van der Waals surface area contributed by atoms with Crippen molar-refractivity contribution in [1.29, 1.82) is 0 Å². The molecule has 0 unspecified atom stereocenters. The Morgan fingerprint density at radius 3 is 2.52 bits per heavy atom. The number of rotatable bonds is 4. The SMILES string of the molecule is Cc1nc2nc(C(F)(F)F)c([C@H](C)Nc3ccc(C(=O)O)cc3F)cc2c(=O)[nH]1. The van der Waals surface area contributed by atoms with E-state index in [1.807, 2.05) is 0 Å². The Hall–Kier alpha value is -3.50. The molecule has 3 N–H and O–H groups in total. The molecule has 3 rings (SSSR count). The molecule has 152 valence electrons. The molecule has 0 aliphatic heterocycles. The summed E-state index contributed by atoms with van der Waals surface area (Å²) in [5.41, 5.74) is -3.16. The number of H-pyrrole nitrogens is 1. The van der Waals surface area contributed by atoms with Crippen LogP contribution in [0.4, 0.5) is 23.2 Å². The van der Waals surface area contributed by atoms with E-state index in [9.17, 15) is 27.2 Å². The molecule has 29 heavy (non-hydrogen) atoms. The number of pyridine rings is 1. The Bertz CT molecular complexity index is 1170. The first-order chi connectivity index (χ1) is 13.5. The standard InChI is InChI=1S/C18H14F4N4O3/c1-7(23-13-4-3-9(17(28)29)5-12(13)19)10-6-11-15(24-8(2)25-16(11)27)26-14(10)18(20,21)22/h3-7,23H,1-2H3,(H,28,29)(H,24,25,26,27)/t7-/m0/s1. The van der Waals surface area contributed by atoms with E-state index in [2.05, 4.69) is 20.3 Å². The quantitative estimate of drug-likeness (QED) is 0.567. The monoisotopic (exact) mass is 410 g/mol. The van der Waals surface area contributed by atoms with E-state index < -0.39 is 35.3 Å². The van der Waals surface area contributed by atoms with Crippen molar-refractivity contribution in [2.75, 3.05) is 5.32 Å². The molecule has 3 aromatic rings. The number of carboxylic acids is 1. The number of fused-ring (bicyclic) bond motifs is 1. The molecule has 2 aromatic heterocycles. The van der Waals surface area contributed by atoms with Crippen LogP contribution in [0, 0.1) is 12.7 Å². The summed E-state index contributed by atoms with van der Waals surface area (Å²) in [5, 5.41) is 11.3. The van der Waals surface area contributed by atoms with Crippen LogP contribution in [-0.4, -0.2) is 26.0 Å². The van der Waals surface area contributed by atoms with E-state index in [1.165, 1.54) is 13.8 Å². The maximum atomic E-state index is 14.2. The fraction of sp³-hybridized carbons (Fsp3) is 0.222. The molecule has 2 heterocycles. The van der Waals surface area contributed by atoms with Crippen molar-refractivity contribution in [3.05, 3.63) is 63.1 Å². The summed E-state index contributed by atoms with van der Waals surface area (Å²) in [6, 6.07) is 2.86. The number of aromatic nitrogens is 3. The van der Waals surface area contributed by atoms with Crippen LogP contribution >= 0.6 is 0 Å². The third-order valence-electron chi connectivity index (χ3n) is 4.17. The van der Waals surface area contributed by atoms with Crippen LogP contribution in [0.25, 0.3) is 11.0 Å². The largest absolute Gasteiger partial charge is 0.478 e. The van der Waals surface area contributed by atoms with E-state index >= 15 is 0 Å². The summed E-state index contributed by atoms with van der Waals surface area (Å²) >= 11 is 0. The zero-order valence-electron chi connectivity index (χ0n) is 15.1. The second kappa shape index (κ2) is 7.15. The molecule has 0 saturated carbocycles. The van der Waals surface area contributed by atoms with Gasteiger partial charge in [0.1, 0.15) is 11.6 Å². The smallest absolute Gasteiger partial charge is 0.433 e. The van der Waals surface area contributed by atoms with Crippen LogP contribution in [0.15, 0.2) is 29.1 Å². The highest BCUT2D eigenvalue weighted by atomic mass is 19.4. The lowest BCUT2D eigenvalue weighted by molar-refractivity contribution is -0.141. The molecule has 0 amide bonds. The normalized spacial score (nSPS) is 12.8. The Morgan fingerprint density at radius 1 is 1.24 bits per heavy atom. The number of hydrogen-bond donors (Lipinski definition) is 3. The number of aryl methyl sites for hydroxylation is 1. The summed E-state index contributed by atoms with van der Waals surface area (Å²) < 4.78 is 54.8. The fourth-order valence-electron chi connectivity index (χ4n) is 2.82. The van der Waals surface area contributed by atoms with Crippen molar-refractivity contribution in [2.45, 2.75) is 26.1 Å². The third kappa shape index (κ3) is 4.03. The first-order valence-electron chi connectivity index (χ1n) is 8.25. The lowest BCUT2D eigenvalue weighted by Crippen LogP contribution is -2.20. The van der Waals surface area contributed by atoms with E-state index in [0.717, 1.165) is 24.3 Å². The third-order valence-corrected chi connectivity index (χ3v) is 4.17. The minimum atomic E-state index is -4.84. The van der Waals surface area contributed by atoms with Crippen LogP contribution in [0.1, 0.15) is 40.4 Å². The van der Waals surface area contributed by atoms with Crippen molar-refractivity contribution in [3.63, 3.8) is 0 Å². The van der Waals surface area contributed by atoms with Gasteiger partial charge in [0.05, 0.1) is 22.7 Å². The molecule has 1 aromatic carbocycles. The molecular weight excluding hydrogens is 396 g/mol. The molecule has 1 atom stereocenters. The van der Waals surface area contributed by atoms with Crippen molar-refractivity contribution in [2.24, 2.45) is 0 Å². The average Bonchev–Trinajstić information content (AvgIpc) is 2.61. The van der Waals surface area contributed by atoms with Gasteiger partial charge in [-0.2, -0.15) is 13.2 Å². The number of halogens is 4. The number of alkyl halides is 3. The number of hydrogen-bond acceptors (Lipinski definition) is 5. The molecule has 0 fully saturated rings. The number of nitrogens with zero attached hydrogens (tertiary/aromatic N) is 2. The van der Waals surface area contributed by atoms with E-state index in [0.29, 0.717) is 0 Å². The number of aromatic carboxylic acids is 1. The molecule has 11 heteroatoms. The maximum absolute atomic E-state index is 14.2. The predicted molar refractivity (Wildman–Crippen MR) is 95.3 cm³/mol. The van der Waals surface area contributed by atoms with Crippen molar-refractivity contribution in [3.8, 4) is 0 Å². The van der Waals surface area contributed by atoms with E-state index in [-0.39, 0.29) is 33.7 Å². The van der Waals surface area contributed by atoms with Gasteiger partial charge in [0.2, 0.25) is 0 Å². The van der Waals surface area contributed by atoms with E-state index in [4.69, 9.17) is 5.11 Å². The van der Waals surface area contributed by atoms with Crippen LogP contribution in [0.2, 0.25) is 0 Å². The molecular formula is C18H14F4N4O3. The summed E-state index contributed by atoms with van der Waals surface area (Å²) in [4.78, 5) is 32.7. The Balaban J connectivity index is 2.10. The van der Waals surface area contributed by atoms with Gasteiger partial charge in [-0.05, 0) is 38.1 Å². The summed E-state index contributed by atoms with van der Waals surface area (Å²) in [6.45, 7) is 2.75. The van der Waals surface area contributed by atoms with Gasteiger partial charge in [-0.15, -0.1) is 0 Å². The van der Waals surface area contributed by atoms with Crippen LogP contribution in [-0.2, 0) is 6.18 Å². The number of anilines is 1. The van der Waals surface area contributed by atoms with Crippen molar-refractivity contribution >= 4 is 22.7 Å². The highest BCUT2D eigenvalue weighted by molar-refractivity contribution is 5.88. The Kier molecular flexibility index (Phi) is 4.99. The molecule has 0 aliphatic carbocycles. The molecule has 0 bridgehead atoms. The number of aromatic amines is 1. The zero-order chi connectivity index (χ0) is 21.5. The fourth-order valence-corrected chi connectivity index (χ4v) is 2.82. The predicted octanol–water partition coefficient (Wildman–Crippen LogP) is 3.66. The van der Waals surface area contributed by atoms with Gasteiger partial charge in [-0.25, -0.2) is 19.2 Å². The van der Waals surface area contributed by atoms with Gasteiger partial charge in [-0.3, -0.25) is 4.79 Å². The van der Waals surface area contributed by atoms with Gasteiger partial charge in [0.25, 0.3) is 5.56 Å². The maximum Gasteiger partial charge on any atom is 0.433 e. The van der Waals surface area contributed by atoms with Crippen LogP contribution in [0.5, 0.6) is 0 Å². The molecule has 0 aliphatic rings. The first kappa shape index (κ1) is 20.2. The van der Waals surface area contributed by atoms with Gasteiger partial charge in [0.15, 0.2) is 11.3 Å². The summed E-state index contributed by atoms with van der Waals surface area (Å²) in [7, 11) is 0. The van der Waals surface area contributed by atoms with E-state index in [1.54, 1.807) is 0 Å². The second-order valence-corrected chi connectivity index (χ2v) is 6.31. The number of carbonyl (C=O) groups is 1.